The number of furan rings is 1. The van der Waals surface area contributed by atoms with Gasteiger partial charge in [0.2, 0.25) is 15.9 Å². The van der Waals surface area contributed by atoms with Crippen LogP contribution >= 0.6 is 0 Å². The number of piperazine rings is 1. The fourth-order valence-corrected chi connectivity index (χ4v) is 5.57. The molecule has 0 radical (unpaired) electrons. The minimum absolute atomic E-state index is 0.0787. The highest BCUT2D eigenvalue weighted by Gasteiger charge is 2.36. The van der Waals surface area contributed by atoms with Gasteiger partial charge in [-0.25, -0.2) is 8.42 Å². The first-order valence-corrected chi connectivity index (χ1v) is 11.9. The number of hydrogen-bond acceptors (Lipinski definition) is 6. The molecule has 2 unspecified atom stereocenters. The average molecular weight is 460 g/mol. The van der Waals surface area contributed by atoms with Gasteiger partial charge >= 0.3 is 0 Å². The smallest absolute Gasteiger partial charge is 0.270 e. The van der Waals surface area contributed by atoms with Crippen molar-refractivity contribution in [2.24, 2.45) is 5.92 Å². The van der Waals surface area contributed by atoms with Gasteiger partial charge in [0.1, 0.15) is 11.5 Å². The summed E-state index contributed by atoms with van der Waals surface area (Å²) in [5, 5.41) is 11.0. The molecule has 1 aromatic heterocycles. The second-order valence-electron chi connectivity index (χ2n) is 8.33. The van der Waals surface area contributed by atoms with Crippen LogP contribution in [0.5, 0.6) is 0 Å². The van der Waals surface area contributed by atoms with Crippen LogP contribution in [0.15, 0.2) is 45.7 Å². The molecule has 2 aliphatic rings. The average Bonchev–Trinajstić information content (AvgIpc) is 3.31. The number of nitro benzene ring substituents is 1. The molecule has 1 amide bonds. The van der Waals surface area contributed by atoms with Crippen molar-refractivity contribution in [1.29, 1.82) is 0 Å². The SMILES string of the molecule is Cc1ccc([N+](=O)[O-])cc1S(=O)(=O)N1CCN(C(=O)/C=C/c2ccc(C3CC3C)o2)CC1. The molecule has 1 aromatic carbocycles. The molecule has 0 bridgehead atoms. The maximum Gasteiger partial charge on any atom is 0.270 e. The molecule has 9 nitrogen and oxygen atoms in total. The van der Waals surface area contributed by atoms with Crippen molar-refractivity contribution in [2.45, 2.75) is 31.1 Å². The van der Waals surface area contributed by atoms with E-state index in [1.54, 1.807) is 17.9 Å². The summed E-state index contributed by atoms with van der Waals surface area (Å²) >= 11 is 0. The van der Waals surface area contributed by atoms with Gasteiger partial charge in [0.05, 0.1) is 9.82 Å². The molecular weight excluding hydrogens is 434 g/mol. The lowest BCUT2D eigenvalue weighted by Gasteiger charge is -2.33. The fourth-order valence-electron chi connectivity index (χ4n) is 3.90. The molecule has 32 heavy (non-hydrogen) atoms. The van der Waals surface area contributed by atoms with E-state index < -0.39 is 14.9 Å². The summed E-state index contributed by atoms with van der Waals surface area (Å²) in [5.41, 5.74) is 0.167. The summed E-state index contributed by atoms with van der Waals surface area (Å²) in [6.07, 6.45) is 4.20. The third kappa shape index (κ3) is 4.46. The second kappa shape index (κ2) is 8.51. The molecule has 10 heteroatoms. The topological polar surface area (TPSA) is 114 Å². The van der Waals surface area contributed by atoms with Crippen molar-refractivity contribution < 1.29 is 22.6 Å². The number of sulfonamides is 1. The highest BCUT2D eigenvalue weighted by atomic mass is 32.2. The number of aryl methyl sites for hydroxylation is 1. The molecule has 1 saturated heterocycles. The van der Waals surface area contributed by atoms with Crippen LogP contribution in [0.2, 0.25) is 0 Å². The van der Waals surface area contributed by atoms with Crippen LogP contribution < -0.4 is 0 Å². The van der Waals surface area contributed by atoms with Crippen molar-refractivity contribution in [3.05, 3.63) is 63.6 Å². The van der Waals surface area contributed by atoms with E-state index in [1.807, 2.05) is 12.1 Å². The summed E-state index contributed by atoms with van der Waals surface area (Å²) in [4.78, 5) is 24.5. The Morgan fingerprint density at radius 2 is 1.88 bits per heavy atom. The maximum atomic E-state index is 13.0. The highest BCUT2D eigenvalue weighted by molar-refractivity contribution is 7.89. The van der Waals surface area contributed by atoms with Gasteiger partial charge in [-0.05, 0) is 43.0 Å². The van der Waals surface area contributed by atoms with Crippen LogP contribution in [0.25, 0.3) is 6.08 Å². The van der Waals surface area contributed by atoms with E-state index >= 15 is 0 Å². The van der Waals surface area contributed by atoms with Crippen LogP contribution in [0.3, 0.4) is 0 Å². The molecule has 1 saturated carbocycles. The Kier molecular flexibility index (Phi) is 5.91. The Morgan fingerprint density at radius 1 is 1.19 bits per heavy atom. The molecule has 4 rings (SSSR count). The highest BCUT2D eigenvalue weighted by Crippen LogP contribution is 2.47. The second-order valence-corrected chi connectivity index (χ2v) is 10.2. The summed E-state index contributed by atoms with van der Waals surface area (Å²) < 4.78 is 33.1. The zero-order chi connectivity index (χ0) is 23.0. The van der Waals surface area contributed by atoms with Gasteiger partial charge in [0.15, 0.2) is 0 Å². The number of benzene rings is 1. The molecule has 2 fully saturated rings. The van der Waals surface area contributed by atoms with Gasteiger partial charge in [-0.1, -0.05) is 13.0 Å². The standard InChI is InChI=1S/C22H25N3O6S/c1-15-3-4-17(25(27)28)14-21(15)32(29,30)24-11-9-23(10-12-24)22(26)8-6-18-5-7-20(31-18)19-13-16(19)2/h3-8,14,16,19H,9-13H2,1-2H3/b8-6+. The summed E-state index contributed by atoms with van der Waals surface area (Å²) in [6, 6.07) is 7.59. The van der Waals surface area contributed by atoms with E-state index in [0.29, 0.717) is 23.2 Å². The predicted octanol–water partition coefficient (Wildman–Crippen LogP) is 3.17. The number of nitro groups is 1. The summed E-state index contributed by atoms with van der Waals surface area (Å²) in [6.45, 7) is 4.49. The van der Waals surface area contributed by atoms with Gasteiger partial charge in [-0.3, -0.25) is 14.9 Å². The number of amides is 1. The third-order valence-corrected chi connectivity index (χ3v) is 8.10. The van der Waals surface area contributed by atoms with Gasteiger partial charge < -0.3 is 9.32 Å². The minimum Gasteiger partial charge on any atom is -0.461 e. The van der Waals surface area contributed by atoms with E-state index in [1.165, 1.54) is 22.5 Å². The van der Waals surface area contributed by atoms with Crippen molar-refractivity contribution in [2.75, 3.05) is 26.2 Å². The van der Waals surface area contributed by atoms with Crippen molar-refractivity contribution in [3.8, 4) is 0 Å². The number of carbonyl (C=O) groups is 1. The van der Waals surface area contributed by atoms with Crippen LogP contribution in [-0.4, -0.2) is 54.6 Å². The van der Waals surface area contributed by atoms with Gasteiger partial charge in [-0.2, -0.15) is 4.31 Å². The Balaban J connectivity index is 1.38. The Hall–Kier alpha value is -2.98. The normalized spacial score (nSPS) is 21.8. The zero-order valence-corrected chi connectivity index (χ0v) is 18.7. The number of carbonyl (C=O) groups excluding carboxylic acids is 1. The molecular formula is C22H25N3O6S. The van der Waals surface area contributed by atoms with Gasteiger partial charge in [0.25, 0.3) is 5.69 Å². The number of nitrogens with zero attached hydrogens (tertiary/aromatic N) is 3. The van der Waals surface area contributed by atoms with Gasteiger partial charge in [0, 0.05) is 50.3 Å². The van der Waals surface area contributed by atoms with Crippen molar-refractivity contribution in [3.63, 3.8) is 0 Å². The molecule has 2 aromatic rings. The molecule has 0 N–H and O–H groups in total. The Labute approximate surface area is 186 Å². The summed E-state index contributed by atoms with van der Waals surface area (Å²) in [5.74, 6) is 2.46. The first kappa shape index (κ1) is 22.2. The largest absolute Gasteiger partial charge is 0.461 e. The fraction of sp³-hybridized carbons (Fsp3) is 0.409. The molecule has 1 aliphatic heterocycles. The molecule has 2 heterocycles. The first-order chi connectivity index (χ1) is 15.2. The van der Waals surface area contributed by atoms with Gasteiger partial charge in [-0.15, -0.1) is 0 Å². The van der Waals surface area contributed by atoms with E-state index in [2.05, 4.69) is 6.92 Å². The van der Waals surface area contributed by atoms with E-state index in [-0.39, 0.29) is 42.7 Å². The molecule has 1 aliphatic carbocycles. The minimum atomic E-state index is -3.90. The Bertz CT molecular complexity index is 1180. The van der Waals surface area contributed by atoms with Crippen LogP contribution in [0.4, 0.5) is 5.69 Å². The van der Waals surface area contributed by atoms with Crippen molar-refractivity contribution >= 4 is 27.7 Å². The van der Waals surface area contributed by atoms with Crippen LogP contribution in [0.1, 0.15) is 36.3 Å². The van der Waals surface area contributed by atoms with E-state index in [4.69, 9.17) is 4.42 Å². The Morgan fingerprint density at radius 3 is 2.50 bits per heavy atom. The van der Waals surface area contributed by atoms with E-state index in [0.717, 1.165) is 18.2 Å². The van der Waals surface area contributed by atoms with E-state index in [9.17, 15) is 23.3 Å². The monoisotopic (exact) mass is 459 g/mol. The quantitative estimate of drug-likeness (QED) is 0.372. The van der Waals surface area contributed by atoms with Crippen LogP contribution in [-0.2, 0) is 14.8 Å². The molecule has 170 valence electrons. The number of rotatable bonds is 6. The lowest BCUT2D eigenvalue weighted by molar-refractivity contribution is -0.385. The predicted molar refractivity (Wildman–Crippen MR) is 117 cm³/mol. The lowest BCUT2D eigenvalue weighted by Crippen LogP contribution is -2.50. The molecule has 2 atom stereocenters. The zero-order valence-electron chi connectivity index (χ0n) is 17.9. The van der Waals surface area contributed by atoms with Crippen molar-refractivity contribution in [1.82, 2.24) is 9.21 Å². The number of hydrogen-bond donors (Lipinski definition) is 0. The van der Waals surface area contributed by atoms with Crippen LogP contribution in [0, 0.1) is 23.0 Å². The first-order valence-electron chi connectivity index (χ1n) is 10.5. The maximum absolute atomic E-state index is 13.0. The number of non-ortho nitro benzene ring substituents is 1. The summed E-state index contributed by atoms with van der Waals surface area (Å²) in [7, 11) is -3.90. The molecule has 0 spiro atoms. The third-order valence-electron chi connectivity index (χ3n) is 6.06. The lowest BCUT2D eigenvalue weighted by atomic mass is 10.2.